The number of benzene rings is 3. The van der Waals surface area contributed by atoms with E-state index in [1.54, 1.807) is 6.07 Å². The third-order valence-corrected chi connectivity index (χ3v) is 7.33. The molecule has 0 aliphatic rings. The van der Waals surface area contributed by atoms with Crippen molar-refractivity contribution in [2.45, 2.75) is 4.90 Å². The van der Waals surface area contributed by atoms with Gasteiger partial charge in [-0.3, -0.25) is 14.3 Å². The first-order valence-electron chi connectivity index (χ1n) is 11.3. The lowest BCUT2D eigenvalue weighted by atomic mass is 10.1. The van der Waals surface area contributed by atoms with Gasteiger partial charge in [-0.05, 0) is 60.2 Å². The number of sulfonamides is 1. The maximum absolute atomic E-state index is 14.1. The number of carbonyl (C=O) groups is 1. The zero-order valence-corrected chi connectivity index (χ0v) is 20.9. The van der Waals surface area contributed by atoms with Gasteiger partial charge >= 0.3 is 5.97 Å². The van der Waals surface area contributed by atoms with Crippen molar-refractivity contribution in [1.29, 1.82) is 0 Å². The van der Waals surface area contributed by atoms with Crippen LogP contribution < -0.4 is 21.6 Å². The highest BCUT2D eigenvalue weighted by atomic mass is 32.2. The molecule has 0 aliphatic heterocycles. The number of rotatable bonds is 6. The number of nitrogen functional groups attached to an aromatic ring is 1. The lowest BCUT2D eigenvalue weighted by Crippen LogP contribution is -2.23. The molecule has 11 nitrogen and oxygen atoms in total. The van der Waals surface area contributed by atoms with Crippen LogP contribution in [-0.2, 0) is 10.0 Å². The molecule has 0 bridgehead atoms. The summed E-state index contributed by atoms with van der Waals surface area (Å²) in [4.78, 5) is 42.7. The van der Waals surface area contributed by atoms with Gasteiger partial charge in [-0.1, -0.05) is 6.07 Å². The number of nitrogens with two attached hydrogens (primary N) is 1. The van der Waals surface area contributed by atoms with Crippen molar-refractivity contribution in [3.05, 3.63) is 111 Å². The number of fused-ring (bicyclic) bond motifs is 1. The van der Waals surface area contributed by atoms with Gasteiger partial charge in [0.1, 0.15) is 22.2 Å². The number of nitrogens with zero attached hydrogens (tertiary/aromatic N) is 2. The van der Waals surface area contributed by atoms with Crippen LogP contribution in [0.25, 0.3) is 27.7 Å². The van der Waals surface area contributed by atoms with Gasteiger partial charge in [-0.25, -0.2) is 31.5 Å². The molecule has 0 saturated carbocycles. The van der Waals surface area contributed by atoms with Gasteiger partial charge in [0.2, 0.25) is 5.95 Å². The van der Waals surface area contributed by atoms with E-state index in [1.807, 2.05) is 4.72 Å². The van der Waals surface area contributed by atoms with Crippen molar-refractivity contribution in [3.8, 4) is 16.8 Å². The predicted molar refractivity (Wildman–Crippen MR) is 142 cm³/mol. The number of nitrogens with one attached hydrogen (secondary N) is 2. The van der Waals surface area contributed by atoms with Gasteiger partial charge in [-0.15, -0.1) is 0 Å². The number of anilines is 2. The number of aromatic carboxylic acids is 1. The van der Waals surface area contributed by atoms with Crippen LogP contribution in [-0.4, -0.2) is 34.0 Å². The predicted octanol–water partition coefficient (Wildman–Crippen LogP) is 3.10. The van der Waals surface area contributed by atoms with Crippen LogP contribution in [0, 0.1) is 11.6 Å². The van der Waals surface area contributed by atoms with Crippen LogP contribution in [0.5, 0.6) is 0 Å². The maximum atomic E-state index is 14.1. The van der Waals surface area contributed by atoms with Gasteiger partial charge in [0.15, 0.2) is 0 Å². The number of hydrogen-bond acceptors (Lipinski definition) is 7. The Balaban J connectivity index is 1.57. The molecule has 40 heavy (non-hydrogen) atoms. The molecule has 5 aromatic rings. The summed E-state index contributed by atoms with van der Waals surface area (Å²) < 4.78 is 55.8. The second-order valence-electron chi connectivity index (χ2n) is 8.51. The molecule has 0 spiro atoms. The van der Waals surface area contributed by atoms with Crippen molar-refractivity contribution in [2.24, 2.45) is 0 Å². The van der Waals surface area contributed by atoms with Gasteiger partial charge in [-0.2, -0.15) is 0 Å². The van der Waals surface area contributed by atoms with E-state index in [-0.39, 0.29) is 33.7 Å². The van der Waals surface area contributed by atoms with E-state index in [0.717, 1.165) is 16.7 Å². The van der Waals surface area contributed by atoms with Crippen molar-refractivity contribution in [1.82, 2.24) is 14.5 Å². The number of aromatic amines is 1. The topological polar surface area (TPSA) is 177 Å². The van der Waals surface area contributed by atoms with E-state index in [4.69, 9.17) is 10.8 Å². The fraction of sp³-hybridized carbons (Fsp3) is 0. The number of carboxylic acid groups (broad SMARTS) is 1. The number of carboxylic acids is 1. The zero-order valence-electron chi connectivity index (χ0n) is 20.1. The largest absolute Gasteiger partial charge is 0.478 e. The van der Waals surface area contributed by atoms with Gasteiger partial charge in [0.05, 0.1) is 22.2 Å². The summed E-state index contributed by atoms with van der Waals surface area (Å²) in [5.74, 6) is -3.59. The van der Waals surface area contributed by atoms with Crippen LogP contribution >= 0.6 is 0 Å². The highest BCUT2D eigenvalue weighted by Gasteiger charge is 2.21. The lowest BCUT2D eigenvalue weighted by Gasteiger charge is -2.12. The first-order valence-corrected chi connectivity index (χ1v) is 12.8. The molecule has 2 heterocycles. The van der Waals surface area contributed by atoms with E-state index in [9.17, 15) is 31.6 Å². The molecule has 0 aliphatic carbocycles. The molecule has 0 unspecified atom stereocenters. The standard InChI is InChI=1S/C26H17F2N5O6S/c27-16-4-8-22(19(28)11-16)40(38,39)32-21-10-15(12-30-23(21)34)14-3-7-20-18(9-14)24(35)33(26(29)31-20)17-5-1-13(2-6-17)25(36)37/h1-12,32H,(H2,29,31)(H,30,34)(H,36,37). The van der Waals surface area contributed by atoms with E-state index < -0.39 is 49.3 Å². The minimum absolute atomic E-state index is 0.0121. The van der Waals surface area contributed by atoms with Crippen LogP contribution in [0.1, 0.15) is 10.4 Å². The van der Waals surface area contributed by atoms with Gasteiger partial charge in [0.25, 0.3) is 21.1 Å². The third-order valence-electron chi connectivity index (χ3n) is 5.93. The Kier molecular flexibility index (Phi) is 6.39. The second kappa shape index (κ2) is 9.74. The van der Waals surface area contributed by atoms with E-state index in [0.29, 0.717) is 11.6 Å². The Morgan fingerprint density at radius 2 is 1.70 bits per heavy atom. The molecule has 0 radical (unpaired) electrons. The summed E-state index contributed by atoms with van der Waals surface area (Å²) in [6, 6.07) is 13.0. The number of halogens is 2. The fourth-order valence-corrected chi connectivity index (χ4v) is 5.12. The number of hydrogen-bond donors (Lipinski definition) is 4. The number of aromatic nitrogens is 3. The first-order chi connectivity index (χ1) is 18.9. The molecule has 0 saturated heterocycles. The molecule has 14 heteroatoms. The van der Waals surface area contributed by atoms with Crippen molar-refractivity contribution >= 4 is 38.5 Å². The van der Waals surface area contributed by atoms with Crippen LogP contribution in [0.3, 0.4) is 0 Å². The minimum atomic E-state index is -4.60. The summed E-state index contributed by atoms with van der Waals surface area (Å²) in [7, 11) is -4.60. The molecule has 2 aromatic heterocycles. The zero-order chi connectivity index (χ0) is 28.8. The fourth-order valence-electron chi connectivity index (χ4n) is 4.00. The van der Waals surface area contributed by atoms with Crippen LogP contribution in [0.15, 0.2) is 87.4 Å². The summed E-state index contributed by atoms with van der Waals surface area (Å²) in [6.45, 7) is 0. The molecule has 0 amide bonds. The number of pyridine rings is 1. The molecule has 5 N–H and O–H groups in total. The SMILES string of the molecule is Nc1nc2ccc(-c3c[nH]c(=O)c(NS(=O)(=O)c4ccc(F)cc4F)c3)cc2c(=O)n1-c1ccc(C(=O)O)cc1. The Hall–Kier alpha value is -5.37. The third kappa shape index (κ3) is 4.78. The Morgan fingerprint density at radius 1 is 0.975 bits per heavy atom. The highest BCUT2D eigenvalue weighted by molar-refractivity contribution is 7.92. The summed E-state index contributed by atoms with van der Waals surface area (Å²) in [6.07, 6.45) is 1.29. The second-order valence-corrected chi connectivity index (χ2v) is 10.2. The van der Waals surface area contributed by atoms with Gasteiger partial charge in [0, 0.05) is 17.8 Å². The average Bonchev–Trinajstić information content (AvgIpc) is 2.90. The van der Waals surface area contributed by atoms with E-state index in [1.165, 1.54) is 48.7 Å². The molecule has 0 fully saturated rings. The van der Waals surface area contributed by atoms with Crippen LogP contribution in [0.4, 0.5) is 20.4 Å². The first kappa shape index (κ1) is 26.2. The molecular weight excluding hydrogens is 548 g/mol. The monoisotopic (exact) mass is 565 g/mol. The molecular formula is C26H17F2N5O6S. The quantitative estimate of drug-likeness (QED) is 0.243. The normalized spacial score (nSPS) is 11.4. The summed E-state index contributed by atoms with van der Waals surface area (Å²) >= 11 is 0. The smallest absolute Gasteiger partial charge is 0.335 e. The van der Waals surface area contributed by atoms with Crippen molar-refractivity contribution in [2.75, 3.05) is 10.5 Å². The Morgan fingerprint density at radius 3 is 2.38 bits per heavy atom. The molecule has 3 aromatic carbocycles. The minimum Gasteiger partial charge on any atom is -0.478 e. The molecule has 202 valence electrons. The van der Waals surface area contributed by atoms with E-state index >= 15 is 0 Å². The molecule has 0 atom stereocenters. The van der Waals surface area contributed by atoms with Crippen molar-refractivity contribution in [3.63, 3.8) is 0 Å². The maximum Gasteiger partial charge on any atom is 0.335 e. The lowest BCUT2D eigenvalue weighted by molar-refractivity contribution is 0.0697. The molecule has 5 rings (SSSR count). The van der Waals surface area contributed by atoms with Gasteiger partial charge < -0.3 is 15.8 Å². The van der Waals surface area contributed by atoms with Crippen LogP contribution in [0.2, 0.25) is 0 Å². The van der Waals surface area contributed by atoms with Crippen molar-refractivity contribution < 1.29 is 27.1 Å². The number of H-pyrrole nitrogens is 1. The average molecular weight is 566 g/mol. The highest BCUT2D eigenvalue weighted by Crippen LogP contribution is 2.25. The Bertz CT molecular complexity index is 2060. The summed E-state index contributed by atoms with van der Waals surface area (Å²) in [5.41, 5.74) is 5.37. The Labute approximate surface area is 223 Å². The summed E-state index contributed by atoms with van der Waals surface area (Å²) in [5, 5.41) is 9.24. The van der Waals surface area contributed by atoms with E-state index in [2.05, 4.69) is 9.97 Å².